The number of rotatable bonds is 1. The summed E-state index contributed by atoms with van der Waals surface area (Å²) in [6, 6.07) is -0.491. The third-order valence-corrected chi connectivity index (χ3v) is 2.42. The summed E-state index contributed by atoms with van der Waals surface area (Å²) in [5.41, 5.74) is 6.99. The van der Waals surface area contributed by atoms with Gasteiger partial charge in [0.2, 0.25) is 5.91 Å². The van der Waals surface area contributed by atoms with Crippen LogP contribution in [0.15, 0.2) is 23.9 Å². The Kier molecular flexibility index (Phi) is 3.19. The predicted molar refractivity (Wildman–Crippen MR) is 53.3 cm³/mol. The molecule has 1 aliphatic rings. The molecule has 0 aromatic carbocycles. The molecule has 4 heteroatoms. The van der Waals surface area contributed by atoms with Crippen LogP contribution in [0.3, 0.4) is 0 Å². The molecule has 1 saturated heterocycles. The van der Waals surface area contributed by atoms with E-state index in [9.17, 15) is 9.59 Å². The zero-order valence-electron chi connectivity index (χ0n) is 8.19. The molecule has 1 rings (SSSR count). The number of carbonyl (C=O) groups is 2. The zero-order chi connectivity index (χ0) is 10.7. The summed E-state index contributed by atoms with van der Waals surface area (Å²) in [6.45, 7) is 3.76. The maximum absolute atomic E-state index is 11.5. The minimum atomic E-state index is -0.491. The van der Waals surface area contributed by atoms with Crippen molar-refractivity contribution in [1.29, 1.82) is 0 Å². The van der Waals surface area contributed by atoms with Gasteiger partial charge < -0.3 is 10.6 Å². The monoisotopic (exact) mass is 194 g/mol. The van der Waals surface area contributed by atoms with Crippen LogP contribution in [0.1, 0.15) is 12.8 Å². The largest absolute Gasteiger partial charge is 0.320 e. The first-order valence-corrected chi connectivity index (χ1v) is 4.44. The van der Waals surface area contributed by atoms with Gasteiger partial charge in [0, 0.05) is 12.7 Å². The van der Waals surface area contributed by atoms with Crippen LogP contribution in [-0.4, -0.2) is 30.2 Å². The quantitative estimate of drug-likeness (QED) is 0.479. The van der Waals surface area contributed by atoms with Gasteiger partial charge in [-0.15, -0.1) is 0 Å². The molecule has 0 saturated carbocycles. The van der Waals surface area contributed by atoms with Gasteiger partial charge in [-0.25, -0.2) is 0 Å². The first-order valence-electron chi connectivity index (χ1n) is 4.44. The number of aldehydes is 1. The molecule has 76 valence electrons. The number of likely N-dealkylation sites (N-methyl/N-ethyl adjacent to an activating group) is 1. The minimum Gasteiger partial charge on any atom is -0.320 e. The van der Waals surface area contributed by atoms with Crippen molar-refractivity contribution in [2.75, 3.05) is 7.05 Å². The standard InChI is InChI=1S/C10H14N2O2/c1-7-8(5-6-13)3-4-9(11)10(14)12(7)2/h5-6,9H,1,3-4,11H2,2H3/b8-5-/t9-/m1/s1. The van der Waals surface area contributed by atoms with Gasteiger partial charge in [-0.05, 0) is 24.5 Å². The average Bonchev–Trinajstić information content (AvgIpc) is 2.26. The third kappa shape index (κ3) is 1.90. The summed E-state index contributed by atoms with van der Waals surface area (Å²) in [5, 5.41) is 0. The van der Waals surface area contributed by atoms with Crippen LogP contribution in [0.4, 0.5) is 0 Å². The van der Waals surface area contributed by atoms with Crippen molar-refractivity contribution in [2.45, 2.75) is 18.9 Å². The molecule has 0 aromatic heterocycles. The second kappa shape index (κ2) is 4.19. The van der Waals surface area contributed by atoms with E-state index in [0.29, 0.717) is 24.8 Å². The molecule has 1 heterocycles. The van der Waals surface area contributed by atoms with E-state index in [1.54, 1.807) is 7.05 Å². The van der Waals surface area contributed by atoms with Gasteiger partial charge in [-0.1, -0.05) is 6.58 Å². The van der Waals surface area contributed by atoms with Crippen molar-refractivity contribution in [1.82, 2.24) is 4.90 Å². The maximum Gasteiger partial charge on any atom is 0.243 e. The highest BCUT2D eigenvalue weighted by Crippen LogP contribution is 2.22. The van der Waals surface area contributed by atoms with Crippen LogP contribution in [-0.2, 0) is 9.59 Å². The van der Waals surface area contributed by atoms with Crippen LogP contribution < -0.4 is 5.73 Å². The van der Waals surface area contributed by atoms with E-state index in [-0.39, 0.29) is 5.91 Å². The Morgan fingerprint density at radius 3 is 2.86 bits per heavy atom. The third-order valence-electron chi connectivity index (χ3n) is 2.42. The molecule has 1 aliphatic heterocycles. The Hall–Kier alpha value is -1.42. The van der Waals surface area contributed by atoms with Gasteiger partial charge >= 0.3 is 0 Å². The van der Waals surface area contributed by atoms with E-state index in [1.807, 2.05) is 0 Å². The molecule has 0 aromatic rings. The average molecular weight is 194 g/mol. The van der Waals surface area contributed by atoms with Crippen molar-refractivity contribution in [3.63, 3.8) is 0 Å². The van der Waals surface area contributed by atoms with E-state index in [0.717, 1.165) is 5.57 Å². The van der Waals surface area contributed by atoms with Gasteiger partial charge in [-0.3, -0.25) is 9.59 Å². The van der Waals surface area contributed by atoms with Gasteiger partial charge in [0.05, 0.1) is 6.04 Å². The van der Waals surface area contributed by atoms with E-state index in [4.69, 9.17) is 5.73 Å². The number of carbonyl (C=O) groups excluding carboxylic acids is 2. The number of hydrogen-bond acceptors (Lipinski definition) is 3. The Morgan fingerprint density at radius 1 is 1.64 bits per heavy atom. The Morgan fingerprint density at radius 2 is 2.29 bits per heavy atom. The van der Waals surface area contributed by atoms with E-state index in [1.165, 1.54) is 11.0 Å². The van der Waals surface area contributed by atoms with Gasteiger partial charge in [0.15, 0.2) is 0 Å². The highest BCUT2D eigenvalue weighted by Gasteiger charge is 2.25. The minimum absolute atomic E-state index is 0.149. The lowest BCUT2D eigenvalue weighted by molar-refractivity contribution is -0.129. The topological polar surface area (TPSA) is 63.4 Å². The van der Waals surface area contributed by atoms with Crippen molar-refractivity contribution in [2.24, 2.45) is 5.73 Å². The lowest BCUT2D eigenvalue weighted by atomic mass is 10.1. The van der Waals surface area contributed by atoms with E-state index < -0.39 is 6.04 Å². The van der Waals surface area contributed by atoms with E-state index in [2.05, 4.69) is 6.58 Å². The maximum atomic E-state index is 11.5. The summed E-state index contributed by atoms with van der Waals surface area (Å²) in [7, 11) is 1.62. The lowest BCUT2D eigenvalue weighted by Gasteiger charge is -2.19. The van der Waals surface area contributed by atoms with Gasteiger partial charge in [0.25, 0.3) is 0 Å². The van der Waals surface area contributed by atoms with Gasteiger partial charge in [0.1, 0.15) is 6.29 Å². The Bertz CT molecular complexity index is 307. The SMILES string of the molecule is C=C1/C(=C\C=O)CC[C@@H](N)C(=O)N1C. The first-order chi connectivity index (χ1) is 6.57. The van der Waals surface area contributed by atoms with Crippen LogP contribution in [0.2, 0.25) is 0 Å². The number of amides is 1. The summed E-state index contributed by atoms with van der Waals surface area (Å²) >= 11 is 0. The summed E-state index contributed by atoms with van der Waals surface area (Å²) < 4.78 is 0. The second-order valence-corrected chi connectivity index (χ2v) is 3.32. The highest BCUT2D eigenvalue weighted by molar-refractivity contribution is 5.85. The molecule has 4 nitrogen and oxygen atoms in total. The van der Waals surface area contributed by atoms with Crippen LogP contribution in [0, 0.1) is 0 Å². The van der Waals surface area contributed by atoms with Crippen molar-refractivity contribution in [3.05, 3.63) is 23.9 Å². The molecule has 0 radical (unpaired) electrons. The molecular weight excluding hydrogens is 180 g/mol. The van der Waals surface area contributed by atoms with Crippen LogP contribution >= 0.6 is 0 Å². The molecule has 0 aliphatic carbocycles. The van der Waals surface area contributed by atoms with E-state index >= 15 is 0 Å². The van der Waals surface area contributed by atoms with Crippen LogP contribution in [0.5, 0.6) is 0 Å². The smallest absolute Gasteiger partial charge is 0.243 e. The predicted octanol–water partition coefficient (Wildman–Crippen LogP) is 0.205. The molecule has 2 N–H and O–H groups in total. The fraction of sp³-hybridized carbons (Fsp3) is 0.400. The molecule has 1 amide bonds. The molecular formula is C10H14N2O2. The summed E-state index contributed by atoms with van der Waals surface area (Å²) in [4.78, 5) is 23.3. The van der Waals surface area contributed by atoms with Crippen molar-refractivity contribution in [3.8, 4) is 0 Å². The zero-order valence-corrected chi connectivity index (χ0v) is 8.19. The number of allylic oxidation sites excluding steroid dienone is 2. The van der Waals surface area contributed by atoms with Gasteiger partial charge in [-0.2, -0.15) is 0 Å². The molecule has 0 unspecified atom stereocenters. The normalized spacial score (nSPS) is 26.6. The summed E-state index contributed by atoms with van der Waals surface area (Å²) in [6.07, 6.45) is 3.32. The molecule has 1 atom stereocenters. The van der Waals surface area contributed by atoms with Crippen molar-refractivity contribution >= 4 is 12.2 Å². The number of likely N-dealkylation sites (tertiary alicyclic amines) is 1. The Labute approximate surface area is 83.1 Å². The van der Waals surface area contributed by atoms with Crippen molar-refractivity contribution < 1.29 is 9.59 Å². The Balaban J connectivity index is 2.98. The molecule has 14 heavy (non-hydrogen) atoms. The molecule has 0 spiro atoms. The summed E-state index contributed by atoms with van der Waals surface area (Å²) in [5.74, 6) is -0.149. The number of nitrogens with zero attached hydrogens (tertiary/aromatic N) is 1. The number of nitrogens with two attached hydrogens (primary N) is 1. The highest BCUT2D eigenvalue weighted by atomic mass is 16.2. The second-order valence-electron chi connectivity index (χ2n) is 3.32. The van der Waals surface area contributed by atoms with Crippen LogP contribution in [0.25, 0.3) is 0 Å². The fourth-order valence-electron chi connectivity index (χ4n) is 1.44. The molecule has 0 bridgehead atoms. The first kappa shape index (κ1) is 10.7. The lowest BCUT2D eigenvalue weighted by Crippen LogP contribution is -2.39. The fourth-order valence-corrected chi connectivity index (χ4v) is 1.44. The number of hydrogen-bond donors (Lipinski definition) is 1. The molecule has 1 fully saturated rings.